The van der Waals surface area contributed by atoms with Crippen LogP contribution in [0.15, 0.2) is 78.9 Å². The van der Waals surface area contributed by atoms with Crippen molar-refractivity contribution < 1.29 is 14.7 Å². The number of carboxylic acid groups (broad SMARTS) is 1. The lowest BCUT2D eigenvalue weighted by Crippen LogP contribution is -2.40. The number of benzene rings is 3. The van der Waals surface area contributed by atoms with Crippen LogP contribution in [0.5, 0.6) is 0 Å². The van der Waals surface area contributed by atoms with Crippen LogP contribution in [0.3, 0.4) is 0 Å². The summed E-state index contributed by atoms with van der Waals surface area (Å²) in [5, 5.41) is 14.6. The Bertz CT molecular complexity index is 1520. The van der Waals surface area contributed by atoms with Crippen LogP contribution in [0, 0.1) is 0 Å². The molecular formula is C34H37ClN2O3S. The van der Waals surface area contributed by atoms with Crippen molar-refractivity contribution in [1.29, 1.82) is 0 Å². The average molecular weight is 589 g/mol. The summed E-state index contributed by atoms with van der Waals surface area (Å²) in [6, 6.07) is 25.7. The average Bonchev–Trinajstić information content (AvgIpc) is 2.92. The van der Waals surface area contributed by atoms with Crippen molar-refractivity contribution in [3.63, 3.8) is 0 Å². The number of nitrogens with zero attached hydrogens (tertiary/aromatic N) is 1. The molecule has 0 bridgehead atoms. The molecule has 5 nitrogen and oxygen atoms in total. The van der Waals surface area contributed by atoms with Gasteiger partial charge in [-0.15, -0.1) is 0 Å². The fourth-order valence-corrected chi connectivity index (χ4v) is 6.23. The Morgan fingerprint density at radius 2 is 1.73 bits per heavy atom. The molecule has 2 N–H and O–H groups in total. The number of fused-ring (bicyclic) bond motifs is 1. The lowest BCUT2D eigenvalue weighted by Gasteiger charge is -2.22. The first-order chi connectivity index (χ1) is 19.6. The third-order valence-corrected chi connectivity index (χ3v) is 8.38. The number of hydrogen-bond acceptors (Lipinski definition) is 4. The van der Waals surface area contributed by atoms with Crippen molar-refractivity contribution in [2.75, 3.05) is 5.75 Å². The van der Waals surface area contributed by atoms with E-state index in [-0.39, 0.29) is 16.7 Å². The molecule has 3 aromatic carbocycles. The van der Waals surface area contributed by atoms with Gasteiger partial charge in [0.05, 0.1) is 11.1 Å². The second-order valence-electron chi connectivity index (χ2n) is 11.3. The van der Waals surface area contributed by atoms with Crippen LogP contribution in [-0.4, -0.2) is 33.3 Å². The number of aromatic carboxylic acids is 1. The highest BCUT2D eigenvalue weighted by molar-refractivity contribution is 7.99. The number of amides is 1. The SMILES string of the molecule is CC(C)(C)NC(=O)CCSC(CCc1ccccc1C(=O)O)c1cccc(CCc2ccc3ccc(Cl)cc3n2)c1. The highest BCUT2D eigenvalue weighted by Crippen LogP contribution is 2.35. The van der Waals surface area contributed by atoms with E-state index in [1.165, 1.54) is 11.1 Å². The van der Waals surface area contributed by atoms with Gasteiger partial charge in [-0.2, -0.15) is 11.8 Å². The first-order valence-electron chi connectivity index (χ1n) is 14.0. The fourth-order valence-electron chi connectivity index (χ4n) is 4.85. The molecule has 41 heavy (non-hydrogen) atoms. The number of carboxylic acids is 1. The molecule has 0 radical (unpaired) electrons. The maximum absolute atomic E-state index is 12.4. The van der Waals surface area contributed by atoms with Gasteiger partial charge in [-0.05, 0) is 87.4 Å². The second-order valence-corrected chi connectivity index (χ2v) is 13.0. The normalized spacial score (nSPS) is 12.3. The molecule has 0 saturated carbocycles. The zero-order chi connectivity index (χ0) is 29.4. The number of pyridine rings is 1. The smallest absolute Gasteiger partial charge is 0.335 e. The van der Waals surface area contributed by atoms with Crippen molar-refractivity contribution >= 4 is 46.1 Å². The lowest BCUT2D eigenvalue weighted by atomic mass is 9.97. The van der Waals surface area contributed by atoms with Crippen molar-refractivity contribution in [2.24, 2.45) is 0 Å². The molecule has 4 rings (SSSR count). The van der Waals surface area contributed by atoms with E-state index in [1.54, 1.807) is 23.9 Å². The second kappa shape index (κ2) is 14.0. The van der Waals surface area contributed by atoms with E-state index in [1.807, 2.05) is 51.1 Å². The van der Waals surface area contributed by atoms with E-state index < -0.39 is 5.97 Å². The van der Waals surface area contributed by atoms with E-state index in [9.17, 15) is 14.7 Å². The molecule has 1 aromatic heterocycles. The first kappa shape index (κ1) is 30.6. The molecule has 1 amide bonds. The summed E-state index contributed by atoms with van der Waals surface area (Å²) < 4.78 is 0. The predicted molar refractivity (Wildman–Crippen MR) is 170 cm³/mol. The van der Waals surface area contributed by atoms with Gasteiger partial charge in [0.15, 0.2) is 0 Å². The number of nitrogens with one attached hydrogen (secondary N) is 1. The highest BCUT2D eigenvalue weighted by atomic mass is 35.5. The summed E-state index contributed by atoms with van der Waals surface area (Å²) in [6.45, 7) is 5.94. The maximum atomic E-state index is 12.4. The molecule has 0 aliphatic heterocycles. The summed E-state index contributed by atoms with van der Waals surface area (Å²) in [5.74, 6) is -0.186. The molecule has 0 saturated heterocycles. The van der Waals surface area contributed by atoms with Gasteiger partial charge >= 0.3 is 5.97 Å². The number of thioether (sulfide) groups is 1. The minimum atomic E-state index is -0.907. The van der Waals surface area contributed by atoms with Gasteiger partial charge in [0, 0.05) is 39.1 Å². The predicted octanol–water partition coefficient (Wildman–Crippen LogP) is 8.08. The van der Waals surface area contributed by atoms with E-state index in [4.69, 9.17) is 16.6 Å². The number of carbonyl (C=O) groups excluding carboxylic acids is 1. The third kappa shape index (κ3) is 9.34. The lowest BCUT2D eigenvalue weighted by molar-refractivity contribution is -0.122. The summed E-state index contributed by atoms with van der Waals surface area (Å²) in [7, 11) is 0. The molecule has 4 aromatic rings. The molecule has 7 heteroatoms. The van der Waals surface area contributed by atoms with Gasteiger partial charge in [-0.3, -0.25) is 9.78 Å². The van der Waals surface area contributed by atoms with Crippen molar-refractivity contribution in [1.82, 2.24) is 10.3 Å². The molecule has 0 spiro atoms. The zero-order valence-electron chi connectivity index (χ0n) is 23.8. The van der Waals surface area contributed by atoms with Gasteiger partial charge in [0.1, 0.15) is 0 Å². The van der Waals surface area contributed by atoms with E-state index in [2.05, 4.69) is 41.7 Å². The number of carbonyl (C=O) groups is 2. The maximum Gasteiger partial charge on any atom is 0.335 e. The van der Waals surface area contributed by atoms with Gasteiger partial charge in [0.2, 0.25) is 5.91 Å². The van der Waals surface area contributed by atoms with Crippen LogP contribution < -0.4 is 5.32 Å². The highest BCUT2D eigenvalue weighted by Gasteiger charge is 2.18. The Balaban J connectivity index is 1.47. The van der Waals surface area contributed by atoms with E-state index in [0.29, 0.717) is 29.2 Å². The number of aryl methyl sites for hydroxylation is 3. The Labute approximate surface area is 251 Å². The van der Waals surface area contributed by atoms with E-state index in [0.717, 1.165) is 41.4 Å². The molecule has 1 heterocycles. The van der Waals surface area contributed by atoms with Crippen LogP contribution >= 0.6 is 23.4 Å². The number of halogens is 1. The van der Waals surface area contributed by atoms with Crippen LogP contribution in [-0.2, 0) is 24.1 Å². The van der Waals surface area contributed by atoms with Crippen molar-refractivity contribution in [3.8, 4) is 0 Å². The number of rotatable bonds is 12. The van der Waals surface area contributed by atoms with Crippen LogP contribution in [0.25, 0.3) is 10.9 Å². The standard InChI is InChI=1S/C34H37ClN2O3S/c1-34(2,3)37-32(38)19-20-41-31(18-14-24-8-4-5-10-29(24)33(39)40)26-9-6-7-23(21-26)11-16-28-17-13-25-12-15-27(35)22-30(25)36-28/h4-10,12-13,15,17,21-22,31H,11,14,16,18-20H2,1-3H3,(H,37,38)(H,39,40). The van der Waals surface area contributed by atoms with Crippen LogP contribution in [0.4, 0.5) is 0 Å². The minimum Gasteiger partial charge on any atom is -0.478 e. The molecule has 0 aliphatic carbocycles. The largest absolute Gasteiger partial charge is 0.478 e. The molecule has 214 valence electrons. The molecular weight excluding hydrogens is 552 g/mol. The summed E-state index contributed by atoms with van der Waals surface area (Å²) in [5.41, 5.74) is 5.24. The van der Waals surface area contributed by atoms with E-state index >= 15 is 0 Å². The Kier molecular flexibility index (Phi) is 10.5. The van der Waals surface area contributed by atoms with Gasteiger partial charge in [0.25, 0.3) is 0 Å². The van der Waals surface area contributed by atoms with Crippen molar-refractivity contribution in [2.45, 2.75) is 63.7 Å². The Hall–Kier alpha value is -3.35. The fraction of sp³-hybridized carbons (Fsp3) is 0.324. The van der Waals surface area contributed by atoms with Gasteiger partial charge in [-0.25, -0.2) is 4.79 Å². The molecule has 0 aliphatic rings. The third-order valence-electron chi connectivity index (χ3n) is 6.79. The number of aromatic nitrogens is 1. The van der Waals surface area contributed by atoms with Crippen molar-refractivity contribution in [3.05, 3.63) is 112 Å². The quantitative estimate of drug-likeness (QED) is 0.175. The summed E-state index contributed by atoms with van der Waals surface area (Å²) >= 11 is 7.92. The van der Waals surface area contributed by atoms with Crippen LogP contribution in [0.2, 0.25) is 5.02 Å². The summed E-state index contributed by atoms with van der Waals surface area (Å²) in [4.78, 5) is 29.0. The summed E-state index contributed by atoms with van der Waals surface area (Å²) in [6.07, 6.45) is 3.50. The minimum absolute atomic E-state index is 0.0397. The Morgan fingerprint density at radius 3 is 2.51 bits per heavy atom. The topological polar surface area (TPSA) is 79.3 Å². The Morgan fingerprint density at radius 1 is 0.951 bits per heavy atom. The molecule has 1 atom stereocenters. The molecule has 1 unspecified atom stereocenters. The van der Waals surface area contributed by atoms with Crippen LogP contribution in [0.1, 0.15) is 71.6 Å². The number of hydrogen-bond donors (Lipinski definition) is 2. The van der Waals surface area contributed by atoms with Gasteiger partial charge in [-0.1, -0.05) is 66.2 Å². The van der Waals surface area contributed by atoms with Gasteiger partial charge < -0.3 is 10.4 Å². The molecule has 0 fully saturated rings. The zero-order valence-corrected chi connectivity index (χ0v) is 25.4. The first-order valence-corrected chi connectivity index (χ1v) is 15.4. The monoisotopic (exact) mass is 588 g/mol.